The maximum absolute atomic E-state index is 10.9. The van der Waals surface area contributed by atoms with E-state index in [9.17, 15) is 4.79 Å². The molecule has 0 atom stereocenters. The fourth-order valence-corrected chi connectivity index (χ4v) is 3.84. The number of hydrogen-bond acceptors (Lipinski definition) is 7. The van der Waals surface area contributed by atoms with Crippen LogP contribution in [0.4, 0.5) is 5.82 Å². The Morgan fingerprint density at radius 2 is 1.96 bits per heavy atom. The number of carbonyl (C=O) groups is 1. The van der Waals surface area contributed by atoms with Gasteiger partial charge in [-0.3, -0.25) is 9.69 Å². The lowest BCUT2D eigenvalue weighted by Crippen LogP contribution is -2.38. The van der Waals surface area contributed by atoms with Crippen LogP contribution in [-0.2, 0) is 9.53 Å². The van der Waals surface area contributed by atoms with Gasteiger partial charge in [0.05, 0.1) is 37.4 Å². The van der Waals surface area contributed by atoms with Crippen molar-refractivity contribution in [3.05, 3.63) is 11.5 Å². The van der Waals surface area contributed by atoms with E-state index in [-0.39, 0.29) is 17.9 Å². The molecule has 2 aromatic rings. The highest BCUT2D eigenvalue weighted by atomic mass is 35.5. The lowest BCUT2D eigenvalue weighted by Gasteiger charge is -2.31. The number of halogens is 1. The van der Waals surface area contributed by atoms with E-state index in [4.69, 9.17) is 21.4 Å². The van der Waals surface area contributed by atoms with Crippen molar-refractivity contribution in [2.45, 2.75) is 18.9 Å². The van der Waals surface area contributed by atoms with Crippen LogP contribution >= 0.6 is 11.6 Å². The van der Waals surface area contributed by atoms with Crippen LogP contribution in [0.3, 0.4) is 0 Å². The predicted molar refractivity (Wildman–Crippen MR) is 95.7 cm³/mol. The summed E-state index contributed by atoms with van der Waals surface area (Å²) in [5, 5.41) is 14.6. The van der Waals surface area contributed by atoms with Crippen molar-refractivity contribution >= 4 is 34.4 Å². The fraction of sp³-hybridized carbons (Fsp3) is 0.625. The van der Waals surface area contributed by atoms with Gasteiger partial charge in [-0.25, -0.2) is 4.68 Å². The third-order valence-corrected chi connectivity index (χ3v) is 5.15. The van der Waals surface area contributed by atoms with Crippen molar-refractivity contribution < 1.29 is 14.6 Å². The van der Waals surface area contributed by atoms with Gasteiger partial charge in [0.1, 0.15) is 5.82 Å². The lowest BCUT2D eigenvalue weighted by atomic mass is 10.1. The van der Waals surface area contributed by atoms with Crippen molar-refractivity contribution in [2.24, 2.45) is 0 Å². The number of piperidine rings is 1. The van der Waals surface area contributed by atoms with Crippen LogP contribution in [0.2, 0.25) is 5.28 Å². The standard InChI is InChI=1S/C16H21ClN6O3/c17-16-19-14(22-5-7-26-8-6-22)12-9-18-23(15(12)20-16)11-1-3-21(4-2-11)10-13(24)25/h9,11H,1-8,10H2,(H,24,25). The van der Waals surface area contributed by atoms with Crippen molar-refractivity contribution in [1.82, 2.24) is 24.6 Å². The monoisotopic (exact) mass is 380 g/mol. The summed E-state index contributed by atoms with van der Waals surface area (Å²) in [4.78, 5) is 23.8. The summed E-state index contributed by atoms with van der Waals surface area (Å²) in [6, 6.07) is 0.182. The first kappa shape index (κ1) is 17.4. The summed E-state index contributed by atoms with van der Waals surface area (Å²) >= 11 is 6.20. The Morgan fingerprint density at radius 1 is 1.23 bits per heavy atom. The number of aliphatic carboxylic acids is 1. The van der Waals surface area contributed by atoms with Gasteiger partial charge in [0.2, 0.25) is 5.28 Å². The van der Waals surface area contributed by atoms with Crippen LogP contribution in [0, 0.1) is 0 Å². The molecule has 10 heteroatoms. The predicted octanol–water partition coefficient (Wildman–Crippen LogP) is 1.04. The third kappa shape index (κ3) is 3.46. The summed E-state index contributed by atoms with van der Waals surface area (Å²) in [5.41, 5.74) is 0.739. The zero-order valence-corrected chi connectivity index (χ0v) is 15.1. The number of hydrogen-bond donors (Lipinski definition) is 1. The van der Waals surface area contributed by atoms with Gasteiger partial charge in [0.15, 0.2) is 5.65 Å². The van der Waals surface area contributed by atoms with Crippen LogP contribution in [0.15, 0.2) is 6.20 Å². The first-order chi connectivity index (χ1) is 12.6. The van der Waals surface area contributed by atoms with E-state index in [2.05, 4.69) is 20.0 Å². The molecule has 4 heterocycles. The summed E-state index contributed by atoms with van der Waals surface area (Å²) in [6.45, 7) is 4.41. The molecule has 0 spiro atoms. The van der Waals surface area contributed by atoms with Gasteiger partial charge in [-0.05, 0) is 24.4 Å². The Morgan fingerprint density at radius 3 is 2.65 bits per heavy atom. The molecule has 2 aliphatic heterocycles. The molecule has 0 amide bonds. The molecule has 140 valence electrons. The number of carboxylic acid groups (broad SMARTS) is 1. The number of carboxylic acids is 1. The molecule has 2 saturated heterocycles. The molecular weight excluding hydrogens is 360 g/mol. The largest absolute Gasteiger partial charge is 0.480 e. The molecule has 9 nitrogen and oxygen atoms in total. The minimum atomic E-state index is -0.789. The van der Waals surface area contributed by atoms with E-state index in [0.29, 0.717) is 13.2 Å². The lowest BCUT2D eigenvalue weighted by molar-refractivity contribution is -0.138. The second-order valence-corrected chi connectivity index (χ2v) is 6.98. The van der Waals surface area contributed by atoms with Gasteiger partial charge in [-0.2, -0.15) is 15.1 Å². The Balaban J connectivity index is 1.59. The average molecular weight is 381 g/mol. The van der Waals surface area contributed by atoms with E-state index in [1.165, 1.54) is 0 Å². The topological polar surface area (TPSA) is 96.6 Å². The van der Waals surface area contributed by atoms with Crippen LogP contribution in [0.1, 0.15) is 18.9 Å². The maximum atomic E-state index is 10.9. The second-order valence-electron chi connectivity index (χ2n) is 6.64. The average Bonchev–Trinajstić information content (AvgIpc) is 3.05. The summed E-state index contributed by atoms with van der Waals surface area (Å²) in [7, 11) is 0. The minimum Gasteiger partial charge on any atom is -0.480 e. The quantitative estimate of drug-likeness (QED) is 0.786. The number of nitrogens with zero attached hydrogens (tertiary/aromatic N) is 6. The minimum absolute atomic E-state index is 0.0851. The van der Waals surface area contributed by atoms with E-state index in [0.717, 1.165) is 55.9 Å². The van der Waals surface area contributed by atoms with Crippen LogP contribution < -0.4 is 4.90 Å². The number of rotatable bonds is 4. The molecule has 1 N–H and O–H groups in total. The van der Waals surface area contributed by atoms with E-state index in [1.807, 2.05) is 9.58 Å². The molecule has 2 aromatic heterocycles. The summed E-state index contributed by atoms with van der Waals surface area (Å²) < 4.78 is 7.34. The molecule has 0 aromatic carbocycles. The smallest absolute Gasteiger partial charge is 0.317 e. The normalized spacial score (nSPS) is 20.0. The van der Waals surface area contributed by atoms with Gasteiger partial charge in [0, 0.05) is 26.2 Å². The SMILES string of the molecule is O=C(O)CN1CCC(n2ncc3c(N4CCOCC4)nc(Cl)nc32)CC1. The van der Waals surface area contributed by atoms with Gasteiger partial charge in [0.25, 0.3) is 0 Å². The zero-order chi connectivity index (χ0) is 18.1. The molecule has 0 unspecified atom stereocenters. The Hall–Kier alpha value is -1.97. The Labute approximate surface area is 155 Å². The Bertz CT molecular complexity index is 799. The first-order valence-corrected chi connectivity index (χ1v) is 9.17. The Kier molecular flexibility index (Phi) is 4.92. The van der Waals surface area contributed by atoms with Crippen molar-refractivity contribution in [3.8, 4) is 0 Å². The third-order valence-electron chi connectivity index (χ3n) is 4.98. The molecule has 0 bridgehead atoms. The van der Waals surface area contributed by atoms with Crippen molar-refractivity contribution in [1.29, 1.82) is 0 Å². The first-order valence-electron chi connectivity index (χ1n) is 8.79. The number of ether oxygens (including phenoxy) is 1. The van der Waals surface area contributed by atoms with E-state index < -0.39 is 5.97 Å². The summed E-state index contributed by atoms with van der Waals surface area (Å²) in [5.74, 6) is 0.0144. The van der Waals surface area contributed by atoms with Gasteiger partial charge >= 0.3 is 5.97 Å². The van der Waals surface area contributed by atoms with Crippen LogP contribution in [0.25, 0.3) is 11.0 Å². The molecule has 2 fully saturated rings. The number of likely N-dealkylation sites (tertiary alicyclic amines) is 1. The van der Waals surface area contributed by atoms with Gasteiger partial charge in [-0.15, -0.1) is 0 Å². The second kappa shape index (κ2) is 7.34. The fourth-order valence-electron chi connectivity index (χ4n) is 3.68. The van der Waals surface area contributed by atoms with Gasteiger partial charge in [-0.1, -0.05) is 0 Å². The highest BCUT2D eigenvalue weighted by Gasteiger charge is 2.26. The highest BCUT2D eigenvalue weighted by molar-refractivity contribution is 6.28. The molecule has 0 radical (unpaired) electrons. The molecular formula is C16H21ClN6O3. The highest BCUT2D eigenvalue weighted by Crippen LogP contribution is 2.30. The molecule has 0 aliphatic carbocycles. The molecule has 0 saturated carbocycles. The number of fused-ring (bicyclic) bond motifs is 1. The van der Waals surface area contributed by atoms with Gasteiger partial charge < -0.3 is 14.7 Å². The number of morpholine rings is 1. The summed E-state index contributed by atoms with van der Waals surface area (Å²) in [6.07, 6.45) is 3.47. The van der Waals surface area contributed by atoms with E-state index in [1.54, 1.807) is 6.20 Å². The maximum Gasteiger partial charge on any atom is 0.317 e. The number of anilines is 1. The van der Waals surface area contributed by atoms with E-state index >= 15 is 0 Å². The molecule has 2 aliphatic rings. The van der Waals surface area contributed by atoms with Crippen LogP contribution in [-0.4, -0.2) is 81.7 Å². The zero-order valence-electron chi connectivity index (χ0n) is 14.3. The molecule has 4 rings (SSSR count). The van der Waals surface area contributed by atoms with Crippen molar-refractivity contribution in [3.63, 3.8) is 0 Å². The van der Waals surface area contributed by atoms with Crippen LogP contribution in [0.5, 0.6) is 0 Å². The number of aromatic nitrogens is 4. The molecule has 26 heavy (non-hydrogen) atoms. The van der Waals surface area contributed by atoms with Crippen molar-refractivity contribution in [2.75, 3.05) is 50.8 Å².